The number of para-hydroxylation sites is 1. The van der Waals surface area contributed by atoms with Gasteiger partial charge >= 0.3 is 0 Å². The fourth-order valence-corrected chi connectivity index (χ4v) is 1.69. The van der Waals surface area contributed by atoms with E-state index in [1.165, 1.54) is 0 Å². The molecule has 0 saturated heterocycles. The van der Waals surface area contributed by atoms with Gasteiger partial charge in [-0.1, -0.05) is 24.3 Å². The summed E-state index contributed by atoms with van der Waals surface area (Å²) >= 11 is 5.54. The maximum Gasteiger partial charge on any atom is 0.129 e. The molecule has 1 unspecified atom stereocenters. The molecule has 2 aromatic carbocycles. The Morgan fingerprint density at radius 1 is 1.05 bits per heavy atom. The minimum absolute atomic E-state index is 0.215. The van der Waals surface area contributed by atoms with Crippen molar-refractivity contribution in [3.8, 4) is 11.5 Å². The molecule has 19 heavy (non-hydrogen) atoms. The molecule has 1 atom stereocenters. The maximum atomic E-state index is 9.40. The van der Waals surface area contributed by atoms with Crippen LogP contribution in [-0.4, -0.2) is 23.6 Å². The van der Waals surface area contributed by atoms with Gasteiger partial charge in [0.2, 0.25) is 0 Å². The molecule has 0 fully saturated rings. The second-order valence-electron chi connectivity index (χ2n) is 4.13. The van der Waals surface area contributed by atoms with Gasteiger partial charge in [0.15, 0.2) is 0 Å². The summed E-state index contributed by atoms with van der Waals surface area (Å²) in [5.41, 5.74) is 0.887. The number of nitrogens with one attached hydrogen (secondary N) is 1. The molecule has 0 aliphatic carbocycles. The van der Waals surface area contributed by atoms with E-state index < -0.39 is 6.10 Å². The molecule has 3 nitrogen and oxygen atoms in total. The number of alkyl halides is 1. The predicted molar refractivity (Wildman–Crippen MR) is 78.2 cm³/mol. The Kier molecular flexibility index (Phi) is 5.07. The summed E-state index contributed by atoms with van der Waals surface area (Å²) in [6.45, 7) is 0.415. The van der Waals surface area contributed by atoms with Crippen LogP contribution in [-0.2, 0) is 0 Å². The summed E-state index contributed by atoms with van der Waals surface area (Å²) in [5, 5.41) is 12.5. The van der Waals surface area contributed by atoms with Gasteiger partial charge in [0, 0.05) is 18.3 Å². The zero-order valence-corrected chi connectivity index (χ0v) is 11.2. The van der Waals surface area contributed by atoms with Crippen molar-refractivity contribution in [1.82, 2.24) is 0 Å². The third kappa shape index (κ3) is 4.47. The summed E-state index contributed by atoms with van der Waals surface area (Å²) < 4.78 is 5.72. The summed E-state index contributed by atoms with van der Waals surface area (Å²) in [6.07, 6.45) is -0.555. The Morgan fingerprint density at radius 2 is 1.79 bits per heavy atom. The number of hydrogen-bond donors (Lipinski definition) is 2. The molecule has 4 heteroatoms. The van der Waals surface area contributed by atoms with Gasteiger partial charge in [-0.3, -0.25) is 0 Å². The Labute approximate surface area is 117 Å². The summed E-state index contributed by atoms with van der Waals surface area (Å²) in [6, 6.07) is 17.2. The van der Waals surface area contributed by atoms with Crippen LogP contribution in [0.15, 0.2) is 54.6 Å². The van der Waals surface area contributed by atoms with Crippen LogP contribution in [0.4, 0.5) is 5.69 Å². The van der Waals surface area contributed by atoms with Crippen molar-refractivity contribution in [1.29, 1.82) is 0 Å². The molecule has 0 heterocycles. The largest absolute Gasteiger partial charge is 0.457 e. The fourth-order valence-electron chi connectivity index (χ4n) is 1.58. The first-order valence-electron chi connectivity index (χ1n) is 6.09. The van der Waals surface area contributed by atoms with E-state index in [0.717, 1.165) is 17.2 Å². The number of halogens is 1. The molecule has 0 aliphatic rings. The number of rotatable bonds is 6. The molecular formula is C15H16ClNO2. The van der Waals surface area contributed by atoms with Crippen molar-refractivity contribution in [2.75, 3.05) is 17.7 Å². The quantitative estimate of drug-likeness (QED) is 0.794. The van der Waals surface area contributed by atoms with E-state index in [2.05, 4.69) is 5.32 Å². The SMILES string of the molecule is OC(CCl)CNc1cccc(Oc2ccccc2)c1. The number of anilines is 1. The molecule has 0 bridgehead atoms. The molecule has 0 radical (unpaired) electrons. The molecule has 100 valence electrons. The van der Waals surface area contributed by atoms with E-state index in [1.54, 1.807) is 0 Å². The summed E-state index contributed by atoms with van der Waals surface area (Å²) in [5.74, 6) is 1.75. The maximum absolute atomic E-state index is 9.40. The van der Waals surface area contributed by atoms with Gasteiger partial charge < -0.3 is 15.2 Å². The average Bonchev–Trinajstić information content (AvgIpc) is 2.46. The molecule has 0 amide bonds. The van der Waals surface area contributed by atoms with Crippen LogP contribution >= 0.6 is 11.6 Å². The Balaban J connectivity index is 1.99. The van der Waals surface area contributed by atoms with Gasteiger partial charge in [-0.15, -0.1) is 11.6 Å². The second-order valence-corrected chi connectivity index (χ2v) is 4.44. The van der Waals surface area contributed by atoms with Crippen LogP contribution < -0.4 is 10.1 Å². The van der Waals surface area contributed by atoms with Crippen molar-refractivity contribution in [3.63, 3.8) is 0 Å². The van der Waals surface area contributed by atoms with Crippen molar-refractivity contribution in [2.45, 2.75) is 6.10 Å². The van der Waals surface area contributed by atoms with E-state index >= 15 is 0 Å². The molecule has 0 aliphatic heterocycles. The number of aliphatic hydroxyl groups excluding tert-OH is 1. The highest BCUT2D eigenvalue weighted by molar-refractivity contribution is 6.18. The first-order chi connectivity index (χ1) is 9.28. The zero-order valence-electron chi connectivity index (χ0n) is 10.4. The zero-order chi connectivity index (χ0) is 13.5. The molecule has 2 rings (SSSR count). The fraction of sp³-hybridized carbons (Fsp3) is 0.200. The highest BCUT2D eigenvalue weighted by atomic mass is 35.5. The van der Waals surface area contributed by atoms with Crippen LogP contribution in [0.25, 0.3) is 0 Å². The molecular weight excluding hydrogens is 262 g/mol. The lowest BCUT2D eigenvalue weighted by Gasteiger charge is -2.11. The van der Waals surface area contributed by atoms with E-state index in [0.29, 0.717) is 6.54 Å². The van der Waals surface area contributed by atoms with Crippen LogP contribution in [0.1, 0.15) is 0 Å². The average molecular weight is 278 g/mol. The second kappa shape index (κ2) is 7.02. The Hall–Kier alpha value is -1.71. The van der Waals surface area contributed by atoms with E-state index in [1.807, 2.05) is 54.6 Å². The van der Waals surface area contributed by atoms with Gasteiger partial charge in [0.25, 0.3) is 0 Å². The van der Waals surface area contributed by atoms with Gasteiger partial charge in [-0.05, 0) is 24.3 Å². The summed E-state index contributed by atoms with van der Waals surface area (Å²) in [4.78, 5) is 0. The number of aliphatic hydroxyl groups is 1. The lowest BCUT2D eigenvalue weighted by molar-refractivity contribution is 0.211. The van der Waals surface area contributed by atoms with E-state index in [4.69, 9.17) is 16.3 Å². The number of ether oxygens (including phenoxy) is 1. The monoisotopic (exact) mass is 277 g/mol. The highest BCUT2D eigenvalue weighted by Gasteiger charge is 2.02. The number of hydrogen-bond acceptors (Lipinski definition) is 3. The normalized spacial score (nSPS) is 11.9. The van der Waals surface area contributed by atoms with Crippen molar-refractivity contribution in [2.24, 2.45) is 0 Å². The van der Waals surface area contributed by atoms with Crippen LogP contribution in [0.2, 0.25) is 0 Å². The standard InChI is InChI=1S/C15H16ClNO2/c16-10-13(18)11-17-12-5-4-8-15(9-12)19-14-6-2-1-3-7-14/h1-9,13,17-18H,10-11H2. The van der Waals surface area contributed by atoms with E-state index in [-0.39, 0.29) is 5.88 Å². The first kappa shape index (κ1) is 13.7. The lowest BCUT2D eigenvalue weighted by atomic mass is 10.3. The minimum Gasteiger partial charge on any atom is -0.457 e. The van der Waals surface area contributed by atoms with E-state index in [9.17, 15) is 5.11 Å². The predicted octanol–water partition coefficient (Wildman–Crippen LogP) is 3.49. The number of benzene rings is 2. The van der Waals surface area contributed by atoms with Crippen LogP contribution in [0.5, 0.6) is 11.5 Å². The van der Waals surface area contributed by atoms with Crippen LogP contribution in [0, 0.1) is 0 Å². The Morgan fingerprint density at radius 3 is 2.53 bits per heavy atom. The smallest absolute Gasteiger partial charge is 0.129 e. The molecule has 0 aromatic heterocycles. The van der Waals surface area contributed by atoms with Crippen LogP contribution in [0.3, 0.4) is 0 Å². The first-order valence-corrected chi connectivity index (χ1v) is 6.62. The highest BCUT2D eigenvalue weighted by Crippen LogP contribution is 2.23. The minimum atomic E-state index is -0.555. The topological polar surface area (TPSA) is 41.5 Å². The molecule has 0 spiro atoms. The third-order valence-corrected chi connectivity index (χ3v) is 2.89. The third-order valence-electron chi connectivity index (χ3n) is 2.53. The molecule has 0 saturated carbocycles. The molecule has 2 N–H and O–H groups in total. The lowest BCUT2D eigenvalue weighted by Crippen LogP contribution is -2.20. The summed E-state index contributed by atoms with van der Waals surface area (Å²) in [7, 11) is 0. The molecule has 2 aromatic rings. The van der Waals surface area contributed by atoms with Gasteiger partial charge in [0.05, 0.1) is 12.0 Å². The van der Waals surface area contributed by atoms with Gasteiger partial charge in [-0.25, -0.2) is 0 Å². The van der Waals surface area contributed by atoms with Crippen molar-refractivity contribution in [3.05, 3.63) is 54.6 Å². The van der Waals surface area contributed by atoms with Gasteiger partial charge in [-0.2, -0.15) is 0 Å². The van der Waals surface area contributed by atoms with Gasteiger partial charge in [0.1, 0.15) is 11.5 Å². The van der Waals surface area contributed by atoms with Crippen molar-refractivity contribution >= 4 is 17.3 Å². The Bertz CT molecular complexity index is 505. The van der Waals surface area contributed by atoms with Crippen molar-refractivity contribution < 1.29 is 9.84 Å².